The summed E-state index contributed by atoms with van der Waals surface area (Å²) >= 11 is 0. The Bertz CT molecular complexity index is 407. The Morgan fingerprint density at radius 3 is 2.20 bits per heavy atom. The van der Waals surface area contributed by atoms with Crippen molar-refractivity contribution in [1.29, 1.82) is 10.5 Å². The van der Waals surface area contributed by atoms with Gasteiger partial charge >= 0.3 is 0 Å². The third-order valence-electron chi connectivity index (χ3n) is 1.67. The zero-order valence-electron chi connectivity index (χ0n) is 8.23. The van der Waals surface area contributed by atoms with E-state index in [1.807, 2.05) is 0 Å². The van der Waals surface area contributed by atoms with Gasteiger partial charge < -0.3 is 0 Å². The van der Waals surface area contributed by atoms with Crippen molar-refractivity contribution in [3.05, 3.63) is 46.2 Å². The molecule has 0 N–H and O–H groups in total. The predicted octanol–water partition coefficient (Wildman–Crippen LogP) is 1.94. The van der Waals surface area contributed by atoms with Crippen molar-refractivity contribution < 1.29 is 4.92 Å². The number of hydrogen-bond acceptors (Lipinski definition) is 4. The van der Waals surface area contributed by atoms with Gasteiger partial charge in [0, 0.05) is 6.08 Å². The summed E-state index contributed by atoms with van der Waals surface area (Å²) in [6.07, 6.45) is 1.01. The predicted molar refractivity (Wildman–Crippen MR) is 53.7 cm³/mol. The molecule has 15 heavy (non-hydrogen) atoms. The fraction of sp³-hybridized carbons (Fsp3) is 0.200. The molecule has 0 radical (unpaired) electrons. The standard InChI is InChI=1S/C10H9N3O2/c1-4-9(13(14)15)10(7(2)3)8(5-11)6-12/h4,8H,1-2H2,3H3/b10-9-. The van der Waals surface area contributed by atoms with E-state index in [4.69, 9.17) is 10.5 Å². The molecule has 0 saturated heterocycles. The summed E-state index contributed by atoms with van der Waals surface area (Å²) in [6, 6.07) is 3.34. The van der Waals surface area contributed by atoms with E-state index in [9.17, 15) is 10.1 Å². The van der Waals surface area contributed by atoms with Gasteiger partial charge in [-0.3, -0.25) is 10.1 Å². The summed E-state index contributed by atoms with van der Waals surface area (Å²) in [7, 11) is 0. The minimum Gasteiger partial charge on any atom is -0.258 e. The van der Waals surface area contributed by atoms with E-state index < -0.39 is 10.8 Å². The molecule has 0 bridgehead atoms. The first-order chi connectivity index (χ1) is 6.99. The Kier molecular flexibility index (Phi) is 4.50. The number of rotatable bonds is 4. The molecule has 0 aromatic carbocycles. The second-order valence-electron chi connectivity index (χ2n) is 2.73. The lowest BCUT2D eigenvalue weighted by Crippen LogP contribution is -2.08. The van der Waals surface area contributed by atoms with Crippen molar-refractivity contribution in [3.8, 4) is 12.1 Å². The van der Waals surface area contributed by atoms with Crippen LogP contribution in [0.4, 0.5) is 0 Å². The molecule has 0 fully saturated rings. The topological polar surface area (TPSA) is 90.7 Å². The van der Waals surface area contributed by atoms with Crippen LogP contribution in [-0.2, 0) is 0 Å². The van der Waals surface area contributed by atoms with Crippen LogP contribution in [0.25, 0.3) is 0 Å². The SMILES string of the molecule is C=C/C(=C(\C(=C)C)C(C#N)C#N)[N+](=O)[O-]. The Morgan fingerprint density at radius 2 is 2.00 bits per heavy atom. The van der Waals surface area contributed by atoms with E-state index in [1.54, 1.807) is 12.1 Å². The molecule has 0 atom stereocenters. The molecule has 0 amide bonds. The molecule has 0 unspecified atom stereocenters. The first-order valence-electron chi connectivity index (χ1n) is 3.95. The van der Waals surface area contributed by atoms with Gasteiger partial charge in [-0.05, 0) is 12.5 Å². The van der Waals surface area contributed by atoms with Gasteiger partial charge in [0.1, 0.15) is 0 Å². The Morgan fingerprint density at radius 1 is 1.53 bits per heavy atom. The van der Waals surface area contributed by atoms with Gasteiger partial charge in [-0.15, -0.1) is 0 Å². The zero-order chi connectivity index (χ0) is 12.0. The molecule has 0 aliphatic rings. The van der Waals surface area contributed by atoms with E-state index >= 15 is 0 Å². The maximum atomic E-state index is 10.6. The van der Waals surface area contributed by atoms with Crippen LogP contribution in [0.1, 0.15) is 6.92 Å². The number of nitrogens with zero attached hydrogens (tertiary/aromatic N) is 3. The molecule has 0 rings (SSSR count). The lowest BCUT2D eigenvalue weighted by molar-refractivity contribution is -0.420. The summed E-state index contributed by atoms with van der Waals surface area (Å²) in [5, 5.41) is 28.0. The molecular formula is C10H9N3O2. The number of nitro groups is 1. The summed E-state index contributed by atoms with van der Waals surface area (Å²) in [6.45, 7) is 8.29. The third-order valence-corrected chi connectivity index (χ3v) is 1.67. The molecule has 0 saturated carbocycles. The molecule has 0 aromatic rings. The number of hydrogen-bond donors (Lipinski definition) is 0. The van der Waals surface area contributed by atoms with E-state index in [-0.39, 0.29) is 11.3 Å². The van der Waals surface area contributed by atoms with Gasteiger partial charge in [-0.2, -0.15) is 10.5 Å². The lowest BCUT2D eigenvalue weighted by atomic mass is 9.94. The van der Waals surface area contributed by atoms with E-state index in [0.717, 1.165) is 6.08 Å². The summed E-state index contributed by atoms with van der Waals surface area (Å²) in [4.78, 5) is 9.95. The van der Waals surface area contributed by atoms with Crippen LogP contribution in [0.5, 0.6) is 0 Å². The van der Waals surface area contributed by atoms with E-state index in [0.29, 0.717) is 5.57 Å². The van der Waals surface area contributed by atoms with Crippen molar-refractivity contribution in [1.82, 2.24) is 0 Å². The van der Waals surface area contributed by atoms with Gasteiger partial charge in [0.05, 0.1) is 22.6 Å². The van der Waals surface area contributed by atoms with Crippen molar-refractivity contribution in [2.75, 3.05) is 0 Å². The highest BCUT2D eigenvalue weighted by molar-refractivity contribution is 5.41. The van der Waals surface area contributed by atoms with Crippen LogP contribution >= 0.6 is 0 Å². The molecular weight excluding hydrogens is 194 g/mol. The largest absolute Gasteiger partial charge is 0.274 e. The van der Waals surface area contributed by atoms with Crippen molar-refractivity contribution in [2.24, 2.45) is 5.92 Å². The smallest absolute Gasteiger partial charge is 0.258 e. The summed E-state index contributed by atoms with van der Waals surface area (Å²) in [5.74, 6) is -1.19. The highest BCUT2D eigenvalue weighted by Crippen LogP contribution is 2.22. The van der Waals surface area contributed by atoms with Crippen LogP contribution in [-0.4, -0.2) is 4.92 Å². The molecule has 5 nitrogen and oxygen atoms in total. The fourth-order valence-electron chi connectivity index (χ4n) is 1.05. The molecule has 5 heteroatoms. The van der Waals surface area contributed by atoms with Crippen LogP contribution in [0.2, 0.25) is 0 Å². The normalized spacial score (nSPS) is 10.9. The Hall–Kier alpha value is -2.40. The summed E-state index contributed by atoms with van der Waals surface area (Å²) < 4.78 is 0. The number of allylic oxidation sites excluding steroid dienone is 3. The fourth-order valence-corrected chi connectivity index (χ4v) is 1.05. The van der Waals surface area contributed by atoms with Crippen LogP contribution in [0, 0.1) is 38.7 Å². The van der Waals surface area contributed by atoms with E-state index in [1.165, 1.54) is 6.92 Å². The second kappa shape index (κ2) is 5.36. The highest BCUT2D eigenvalue weighted by Gasteiger charge is 2.24. The van der Waals surface area contributed by atoms with Crippen molar-refractivity contribution >= 4 is 0 Å². The molecule has 0 aliphatic carbocycles. The molecule has 0 aliphatic heterocycles. The summed E-state index contributed by atoms with van der Waals surface area (Å²) in [5.41, 5.74) is -0.0229. The Balaban J connectivity index is 5.80. The van der Waals surface area contributed by atoms with E-state index in [2.05, 4.69) is 13.2 Å². The first kappa shape index (κ1) is 12.6. The average Bonchev–Trinajstić information content (AvgIpc) is 2.17. The zero-order valence-corrected chi connectivity index (χ0v) is 8.23. The van der Waals surface area contributed by atoms with Gasteiger partial charge in [0.25, 0.3) is 5.70 Å². The molecule has 0 aromatic heterocycles. The quantitative estimate of drug-likeness (QED) is 0.396. The van der Waals surface area contributed by atoms with Gasteiger partial charge in [-0.25, -0.2) is 0 Å². The maximum absolute atomic E-state index is 10.6. The third kappa shape index (κ3) is 2.78. The monoisotopic (exact) mass is 203 g/mol. The minimum absolute atomic E-state index is 0.0139. The molecule has 0 spiro atoms. The highest BCUT2D eigenvalue weighted by atomic mass is 16.6. The molecule has 76 valence electrons. The van der Waals surface area contributed by atoms with Gasteiger partial charge in [0.15, 0.2) is 5.92 Å². The second-order valence-corrected chi connectivity index (χ2v) is 2.73. The van der Waals surface area contributed by atoms with Gasteiger partial charge in [0.2, 0.25) is 0 Å². The number of nitriles is 2. The first-order valence-corrected chi connectivity index (χ1v) is 3.95. The average molecular weight is 203 g/mol. The van der Waals surface area contributed by atoms with Crippen molar-refractivity contribution in [2.45, 2.75) is 6.92 Å². The lowest BCUT2D eigenvalue weighted by Gasteiger charge is -2.06. The van der Waals surface area contributed by atoms with Crippen LogP contribution in [0.15, 0.2) is 36.1 Å². The Labute approximate surface area is 87.4 Å². The van der Waals surface area contributed by atoms with Crippen molar-refractivity contribution in [3.63, 3.8) is 0 Å². The molecule has 0 heterocycles. The maximum Gasteiger partial charge on any atom is 0.274 e. The van der Waals surface area contributed by atoms with Crippen LogP contribution < -0.4 is 0 Å². The van der Waals surface area contributed by atoms with Gasteiger partial charge in [-0.1, -0.05) is 13.2 Å². The minimum atomic E-state index is -1.19. The van der Waals surface area contributed by atoms with Crippen LogP contribution in [0.3, 0.4) is 0 Å².